The van der Waals surface area contributed by atoms with E-state index in [0.29, 0.717) is 0 Å². The number of rotatable bonds is 3. The summed E-state index contributed by atoms with van der Waals surface area (Å²) in [7, 11) is 1.90. The molecule has 0 saturated carbocycles. The first-order chi connectivity index (χ1) is 6.15. The molecule has 0 bridgehead atoms. The van der Waals surface area contributed by atoms with E-state index in [1.165, 1.54) is 6.07 Å². The second kappa shape index (κ2) is 3.89. The number of anilines is 1. The van der Waals surface area contributed by atoms with E-state index >= 15 is 0 Å². The lowest BCUT2D eigenvalue weighted by atomic mass is 10.2. The molecule has 4 heteroatoms. The molecule has 0 saturated heterocycles. The van der Waals surface area contributed by atoms with E-state index in [1.54, 1.807) is 12.1 Å². The maximum Gasteiger partial charge on any atom is 0.271 e. The van der Waals surface area contributed by atoms with Gasteiger partial charge < -0.3 is 4.90 Å². The summed E-state index contributed by atoms with van der Waals surface area (Å²) >= 11 is 0. The predicted molar refractivity (Wildman–Crippen MR) is 52.0 cm³/mol. The molecule has 4 nitrogen and oxygen atoms in total. The zero-order chi connectivity index (χ0) is 9.84. The fourth-order valence-electron chi connectivity index (χ4n) is 1.03. The number of hydrogen-bond acceptors (Lipinski definition) is 3. The SMILES string of the molecule is CCN(C)c1cccc([N+](=O)[O-])c1. The summed E-state index contributed by atoms with van der Waals surface area (Å²) in [5, 5.41) is 10.5. The van der Waals surface area contributed by atoms with Gasteiger partial charge in [-0.25, -0.2) is 0 Å². The molecule has 0 spiro atoms. The molecule has 0 aromatic heterocycles. The second-order valence-corrected chi connectivity index (χ2v) is 2.79. The Morgan fingerprint density at radius 2 is 2.23 bits per heavy atom. The molecule has 0 heterocycles. The summed E-state index contributed by atoms with van der Waals surface area (Å²) in [6, 6.07) is 6.62. The third kappa shape index (κ3) is 2.18. The zero-order valence-electron chi connectivity index (χ0n) is 7.73. The smallest absolute Gasteiger partial charge is 0.271 e. The number of nitro groups is 1. The average molecular weight is 180 g/mol. The van der Waals surface area contributed by atoms with Gasteiger partial charge in [-0.15, -0.1) is 0 Å². The molecule has 13 heavy (non-hydrogen) atoms. The van der Waals surface area contributed by atoms with Crippen molar-refractivity contribution >= 4 is 11.4 Å². The quantitative estimate of drug-likeness (QED) is 0.528. The van der Waals surface area contributed by atoms with E-state index in [0.717, 1.165) is 12.2 Å². The number of benzene rings is 1. The van der Waals surface area contributed by atoms with Crippen molar-refractivity contribution in [1.29, 1.82) is 0 Å². The molecule has 1 rings (SSSR count). The Kier molecular flexibility index (Phi) is 2.84. The molecule has 0 aliphatic carbocycles. The minimum atomic E-state index is -0.382. The van der Waals surface area contributed by atoms with Gasteiger partial charge in [-0.3, -0.25) is 10.1 Å². The molecule has 0 N–H and O–H groups in total. The third-order valence-corrected chi connectivity index (χ3v) is 1.96. The van der Waals surface area contributed by atoms with Gasteiger partial charge in [0.15, 0.2) is 0 Å². The fourth-order valence-corrected chi connectivity index (χ4v) is 1.03. The van der Waals surface area contributed by atoms with Gasteiger partial charge in [0, 0.05) is 31.4 Å². The van der Waals surface area contributed by atoms with Crippen molar-refractivity contribution < 1.29 is 4.92 Å². The Balaban J connectivity index is 2.98. The molecule has 0 aliphatic rings. The summed E-state index contributed by atoms with van der Waals surface area (Å²) in [6.07, 6.45) is 0. The molecule has 0 atom stereocenters. The number of nitro benzene ring substituents is 1. The first kappa shape index (κ1) is 9.51. The Morgan fingerprint density at radius 1 is 1.54 bits per heavy atom. The molecule has 0 unspecified atom stereocenters. The van der Waals surface area contributed by atoms with Crippen LogP contribution >= 0.6 is 0 Å². The van der Waals surface area contributed by atoms with Crippen LogP contribution < -0.4 is 4.90 Å². The summed E-state index contributed by atoms with van der Waals surface area (Å²) in [4.78, 5) is 12.0. The number of nitrogens with zero attached hydrogens (tertiary/aromatic N) is 2. The molecule has 1 aromatic carbocycles. The van der Waals surface area contributed by atoms with Crippen LogP contribution in [0.4, 0.5) is 11.4 Å². The van der Waals surface area contributed by atoms with Crippen LogP contribution in [0.2, 0.25) is 0 Å². The van der Waals surface area contributed by atoms with Gasteiger partial charge in [-0.05, 0) is 13.0 Å². The molecule has 0 radical (unpaired) electrons. The summed E-state index contributed by atoms with van der Waals surface area (Å²) in [6.45, 7) is 2.83. The summed E-state index contributed by atoms with van der Waals surface area (Å²) < 4.78 is 0. The lowest BCUT2D eigenvalue weighted by Gasteiger charge is -2.15. The first-order valence-electron chi connectivity index (χ1n) is 4.10. The summed E-state index contributed by atoms with van der Waals surface area (Å²) in [5.41, 5.74) is 1.01. The topological polar surface area (TPSA) is 46.4 Å². The zero-order valence-corrected chi connectivity index (χ0v) is 7.73. The Hall–Kier alpha value is -1.58. The normalized spacial score (nSPS) is 9.69. The maximum absolute atomic E-state index is 10.5. The van der Waals surface area contributed by atoms with E-state index in [4.69, 9.17) is 0 Å². The van der Waals surface area contributed by atoms with Gasteiger partial charge in [0.2, 0.25) is 0 Å². The monoisotopic (exact) mass is 180 g/mol. The van der Waals surface area contributed by atoms with Gasteiger partial charge in [0.1, 0.15) is 0 Å². The van der Waals surface area contributed by atoms with E-state index in [9.17, 15) is 10.1 Å². The van der Waals surface area contributed by atoms with Crippen LogP contribution in [0.1, 0.15) is 6.92 Å². The van der Waals surface area contributed by atoms with Crippen molar-refractivity contribution in [2.24, 2.45) is 0 Å². The molecule has 70 valence electrons. The highest BCUT2D eigenvalue weighted by Gasteiger charge is 2.06. The Labute approximate surface area is 76.9 Å². The molecular weight excluding hydrogens is 168 g/mol. The number of non-ortho nitro benzene ring substituents is 1. The summed E-state index contributed by atoms with van der Waals surface area (Å²) in [5.74, 6) is 0. The Bertz CT molecular complexity index is 312. The lowest BCUT2D eigenvalue weighted by molar-refractivity contribution is -0.384. The largest absolute Gasteiger partial charge is 0.375 e. The second-order valence-electron chi connectivity index (χ2n) is 2.79. The minimum Gasteiger partial charge on any atom is -0.375 e. The third-order valence-electron chi connectivity index (χ3n) is 1.96. The van der Waals surface area contributed by atoms with Gasteiger partial charge in [0.05, 0.1) is 4.92 Å². The van der Waals surface area contributed by atoms with E-state index in [1.807, 2.05) is 24.9 Å². The highest BCUT2D eigenvalue weighted by atomic mass is 16.6. The van der Waals surface area contributed by atoms with Crippen molar-refractivity contribution in [2.75, 3.05) is 18.5 Å². The van der Waals surface area contributed by atoms with E-state index in [2.05, 4.69) is 0 Å². The van der Waals surface area contributed by atoms with Gasteiger partial charge >= 0.3 is 0 Å². The lowest BCUT2D eigenvalue weighted by Crippen LogP contribution is -2.15. The molecule has 0 aliphatic heterocycles. The van der Waals surface area contributed by atoms with Crippen LogP contribution in [0.5, 0.6) is 0 Å². The average Bonchev–Trinajstić information content (AvgIpc) is 2.17. The maximum atomic E-state index is 10.5. The molecule has 0 amide bonds. The van der Waals surface area contributed by atoms with E-state index < -0.39 is 0 Å². The van der Waals surface area contributed by atoms with Crippen molar-refractivity contribution in [3.05, 3.63) is 34.4 Å². The van der Waals surface area contributed by atoms with Crippen LogP contribution in [-0.4, -0.2) is 18.5 Å². The van der Waals surface area contributed by atoms with Crippen molar-refractivity contribution in [2.45, 2.75) is 6.92 Å². The molecule has 0 fully saturated rings. The van der Waals surface area contributed by atoms with Gasteiger partial charge in [-0.2, -0.15) is 0 Å². The molecule has 1 aromatic rings. The minimum absolute atomic E-state index is 0.137. The molecular formula is C9H12N2O2. The predicted octanol–water partition coefficient (Wildman–Crippen LogP) is 2.05. The van der Waals surface area contributed by atoms with Crippen LogP contribution in [0.3, 0.4) is 0 Å². The van der Waals surface area contributed by atoms with Crippen molar-refractivity contribution in [3.63, 3.8) is 0 Å². The Morgan fingerprint density at radius 3 is 2.77 bits per heavy atom. The highest BCUT2D eigenvalue weighted by molar-refractivity contribution is 5.52. The van der Waals surface area contributed by atoms with Gasteiger partial charge in [0.25, 0.3) is 5.69 Å². The van der Waals surface area contributed by atoms with Crippen LogP contribution in [0, 0.1) is 10.1 Å². The number of hydrogen-bond donors (Lipinski definition) is 0. The van der Waals surface area contributed by atoms with Crippen LogP contribution in [-0.2, 0) is 0 Å². The van der Waals surface area contributed by atoms with Crippen LogP contribution in [0.25, 0.3) is 0 Å². The fraction of sp³-hybridized carbons (Fsp3) is 0.333. The highest BCUT2D eigenvalue weighted by Crippen LogP contribution is 2.19. The van der Waals surface area contributed by atoms with Crippen LogP contribution in [0.15, 0.2) is 24.3 Å². The van der Waals surface area contributed by atoms with Crippen molar-refractivity contribution in [3.8, 4) is 0 Å². The van der Waals surface area contributed by atoms with Gasteiger partial charge in [-0.1, -0.05) is 6.07 Å². The standard InChI is InChI=1S/C9H12N2O2/c1-3-10(2)8-5-4-6-9(7-8)11(12)13/h4-7H,3H2,1-2H3. The van der Waals surface area contributed by atoms with E-state index in [-0.39, 0.29) is 10.6 Å². The first-order valence-corrected chi connectivity index (χ1v) is 4.10. The van der Waals surface area contributed by atoms with Crippen molar-refractivity contribution in [1.82, 2.24) is 0 Å².